The Morgan fingerprint density at radius 2 is 1.21 bits per heavy atom. The molecule has 0 amide bonds. The van der Waals surface area contributed by atoms with Crippen molar-refractivity contribution in [3.8, 4) is 0 Å². The van der Waals surface area contributed by atoms with E-state index in [9.17, 15) is 0 Å². The largest absolute Gasteiger partial charge is 0.456 e. The normalized spacial score (nSPS) is 11.1. The summed E-state index contributed by atoms with van der Waals surface area (Å²) in [4.78, 5) is 0. The zero-order valence-electron chi connectivity index (χ0n) is 10.9. The summed E-state index contributed by atoms with van der Waals surface area (Å²) in [6.45, 7) is 3.53. The van der Waals surface area contributed by atoms with Crippen molar-refractivity contribution in [1.82, 2.24) is 0 Å². The molecular weight excluding hydrogens is 236 g/mol. The van der Waals surface area contributed by atoms with Gasteiger partial charge in [0.1, 0.15) is 11.2 Å². The van der Waals surface area contributed by atoms with Gasteiger partial charge in [-0.3, -0.25) is 0 Å². The highest BCUT2D eigenvalue weighted by Gasteiger charge is 2.09. The van der Waals surface area contributed by atoms with Crippen LogP contribution in [0.25, 0.3) is 21.9 Å². The highest BCUT2D eigenvalue weighted by Crippen LogP contribution is 2.30. The lowest BCUT2D eigenvalue weighted by Crippen LogP contribution is -1.90. The number of benzene rings is 2. The average molecular weight is 250 g/mol. The molecule has 19 heavy (non-hydrogen) atoms. The van der Waals surface area contributed by atoms with E-state index in [2.05, 4.69) is 0 Å². The van der Waals surface area contributed by atoms with Gasteiger partial charge in [-0.1, -0.05) is 12.1 Å². The second-order valence-electron chi connectivity index (χ2n) is 4.77. The third kappa shape index (κ3) is 1.83. The maximum Gasteiger partial charge on any atom is 0.136 e. The number of rotatable bonds is 2. The number of fused-ring (bicyclic) bond motifs is 3. The second-order valence-corrected chi connectivity index (χ2v) is 4.77. The molecule has 0 bridgehead atoms. The molecule has 3 nitrogen and oxygen atoms in total. The van der Waals surface area contributed by atoms with Crippen LogP contribution in [0.1, 0.15) is 25.0 Å². The van der Waals surface area contributed by atoms with Gasteiger partial charge in [-0.25, -0.2) is 0 Å². The van der Waals surface area contributed by atoms with Crippen molar-refractivity contribution < 1.29 is 4.42 Å². The summed E-state index contributed by atoms with van der Waals surface area (Å²) in [6.07, 6.45) is 0. The molecule has 0 saturated heterocycles. The molecule has 2 N–H and O–H groups in total. The number of hydrogen-bond acceptors (Lipinski definition) is 3. The maximum atomic E-state index is 7.67. The Bertz CT molecular complexity index is 759. The van der Waals surface area contributed by atoms with E-state index >= 15 is 0 Å². The van der Waals surface area contributed by atoms with Gasteiger partial charge in [-0.15, -0.1) is 0 Å². The molecule has 1 aromatic heterocycles. The number of furan rings is 1. The predicted octanol–water partition coefficient (Wildman–Crippen LogP) is 4.36. The van der Waals surface area contributed by atoms with Crippen LogP contribution >= 0.6 is 0 Å². The van der Waals surface area contributed by atoms with E-state index in [1.165, 1.54) is 0 Å². The molecule has 94 valence electrons. The summed E-state index contributed by atoms with van der Waals surface area (Å²) >= 11 is 0. The fourth-order valence-corrected chi connectivity index (χ4v) is 2.24. The number of nitrogens with one attached hydrogen (secondary N) is 2. The average Bonchev–Trinajstić information content (AvgIpc) is 2.74. The SMILES string of the molecule is CC(=N)c1ccc2c(c1)oc1cc(C(C)=N)ccc12. The molecule has 0 aliphatic heterocycles. The topological polar surface area (TPSA) is 60.8 Å². The van der Waals surface area contributed by atoms with Gasteiger partial charge in [-0.05, 0) is 49.2 Å². The summed E-state index contributed by atoms with van der Waals surface area (Å²) in [5, 5.41) is 17.4. The van der Waals surface area contributed by atoms with Gasteiger partial charge in [0.2, 0.25) is 0 Å². The van der Waals surface area contributed by atoms with E-state index < -0.39 is 0 Å². The van der Waals surface area contributed by atoms with Gasteiger partial charge in [0.25, 0.3) is 0 Å². The fourth-order valence-electron chi connectivity index (χ4n) is 2.24. The molecule has 0 radical (unpaired) electrons. The van der Waals surface area contributed by atoms with Gasteiger partial charge < -0.3 is 15.2 Å². The van der Waals surface area contributed by atoms with Crippen LogP contribution in [0.4, 0.5) is 0 Å². The molecule has 2 aromatic carbocycles. The molecule has 0 saturated carbocycles. The van der Waals surface area contributed by atoms with E-state index in [0.29, 0.717) is 11.4 Å². The van der Waals surface area contributed by atoms with Crippen molar-refractivity contribution in [3.05, 3.63) is 47.5 Å². The Morgan fingerprint density at radius 1 is 0.789 bits per heavy atom. The van der Waals surface area contributed by atoms with Crippen LogP contribution in [0, 0.1) is 10.8 Å². The quantitative estimate of drug-likeness (QED) is 0.652. The zero-order valence-corrected chi connectivity index (χ0v) is 10.9. The lowest BCUT2D eigenvalue weighted by atomic mass is 10.1. The molecular formula is C16H14N2O. The summed E-state index contributed by atoms with van der Waals surface area (Å²) in [5.74, 6) is 0. The van der Waals surface area contributed by atoms with E-state index in [4.69, 9.17) is 15.2 Å². The van der Waals surface area contributed by atoms with Crippen LogP contribution < -0.4 is 0 Å². The van der Waals surface area contributed by atoms with Crippen molar-refractivity contribution in [2.75, 3.05) is 0 Å². The molecule has 3 heteroatoms. The van der Waals surface area contributed by atoms with Crippen LogP contribution in [-0.4, -0.2) is 11.4 Å². The van der Waals surface area contributed by atoms with Gasteiger partial charge >= 0.3 is 0 Å². The first kappa shape index (κ1) is 11.7. The minimum atomic E-state index is 0.526. The van der Waals surface area contributed by atoms with Gasteiger partial charge in [0.15, 0.2) is 0 Å². The van der Waals surface area contributed by atoms with Crippen molar-refractivity contribution in [3.63, 3.8) is 0 Å². The monoisotopic (exact) mass is 250 g/mol. The third-order valence-electron chi connectivity index (χ3n) is 3.34. The Morgan fingerprint density at radius 3 is 1.58 bits per heavy atom. The highest BCUT2D eigenvalue weighted by atomic mass is 16.3. The summed E-state index contributed by atoms with van der Waals surface area (Å²) in [7, 11) is 0. The minimum absolute atomic E-state index is 0.526. The fraction of sp³-hybridized carbons (Fsp3) is 0.125. The second kappa shape index (κ2) is 4.05. The Kier molecular flexibility index (Phi) is 2.49. The lowest BCUT2D eigenvalue weighted by Gasteiger charge is -1.97. The number of hydrogen-bond donors (Lipinski definition) is 2. The van der Waals surface area contributed by atoms with Crippen molar-refractivity contribution >= 4 is 33.4 Å². The molecule has 0 atom stereocenters. The maximum absolute atomic E-state index is 7.67. The van der Waals surface area contributed by atoms with Crippen LogP contribution in [0.3, 0.4) is 0 Å². The summed E-state index contributed by atoms with van der Waals surface area (Å²) in [6, 6.07) is 11.7. The first-order valence-electron chi connectivity index (χ1n) is 6.13. The first-order chi connectivity index (χ1) is 9.06. The van der Waals surface area contributed by atoms with Crippen molar-refractivity contribution in [1.29, 1.82) is 10.8 Å². The predicted molar refractivity (Wildman–Crippen MR) is 78.7 cm³/mol. The molecule has 0 unspecified atom stereocenters. The molecule has 0 aliphatic carbocycles. The molecule has 3 aromatic rings. The minimum Gasteiger partial charge on any atom is -0.456 e. The lowest BCUT2D eigenvalue weighted by molar-refractivity contribution is 0.668. The van der Waals surface area contributed by atoms with Crippen LogP contribution in [0.5, 0.6) is 0 Å². The Balaban J connectivity index is 2.31. The Hall–Kier alpha value is -2.42. The van der Waals surface area contributed by atoms with Crippen LogP contribution in [0.15, 0.2) is 40.8 Å². The first-order valence-corrected chi connectivity index (χ1v) is 6.13. The van der Waals surface area contributed by atoms with E-state index in [1.54, 1.807) is 13.8 Å². The molecule has 3 rings (SSSR count). The van der Waals surface area contributed by atoms with E-state index in [-0.39, 0.29) is 0 Å². The standard InChI is InChI=1S/C16H14N2O/c1-9(17)11-3-5-13-14-6-4-12(10(2)18)8-16(14)19-15(13)7-11/h3-8,17-18H,1-2H3. The Labute approximate surface area is 110 Å². The van der Waals surface area contributed by atoms with E-state index in [1.807, 2.05) is 36.4 Å². The highest BCUT2D eigenvalue weighted by molar-refractivity contribution is 6.09. The molecule has 1 heterocycles. The van der Waals surface area contributed by atoms with Crippen LogP contribution in [0.2, 0.25) is 0 Å². The van der Waals surface area contributed by atoms with Gasteiger partial charge in [-0.2, -0.15) is 0 Å². The van der Waals surface area contributed by atoms with Gasteiger partial charge in [0.05, 0.1) is 0 Å². The third-order valence-corrected chi connectivity index (χ3v) is 3.34. The van der Waals surface area contributed by atoms with Gasteiger partial charge in [0, 0.05) is 22.2 Å². The van der Waals surface area contributed by atoms with Crippen molar-refractivity contribution in [2.24, 2.45) is 0 Å². The smallest absolute Gasteiger partial charge is 0.136 e. The molecule has 0 aliphatic rings. The zero-order chi connectivity index (χ0) is 13.6. The van der Waals surface area contributed by atoms with Crippen molar-refractivity contribution in [2.45, 2.75) is 13.8 Å². The molecule has 0 fully saturated rings. The van der Waals surface area contributed by atoms with Crippen LogP contribution in [-0.2, 0) is 0 Å². The molecule has 0 spiro atoms. The summed E-state index contributed by atoms with van der Waals surface area (Å²) in [5.41, 5.74) is 4.37. The van der Waals surface area contributed by atoms with E-state index in [0.717, 1.165) is 33.1 Å². The summed E-state index contributed by atoms with van der Waals surface area (Å²) < 4.78 is 5.84.